The SMILES string of the molecule is O=C(Nc1cc(Cl)cc(Cl)c1)[C@@H](c1ccccc1)N1CCN(S(=O)(=O)/C=C/c2ccccc2)CC1. The topological polar surface area (TPSA) is 69.7 Å². The van der Waals surface area contributed by atoms with Gasteiger partial charge in [0.1, 0.15) is 6.04 Å². The van der Waals surface area contributed by atoms with Gasteiger partial charge in [-0.1, -0.05) is 83.9 Å². The van der Waals surface area contributed by atoms with Crippen LogP contribution in [-0.2, 0) is 14.8 Å². The maximum Gasteiger partial charge on any atom is 0.246 e. The van der Waals surface area contributed by atoms with Crippen LogP contribution in [0.5, 0.6) is 0 Å². The lowest BCUT2D eigenvalue weighted by Crippen LogP contribution is -2.51. The largest absolute Gasteiger partial charge is 0.324 e. The van der Waals surface area contributed by atoms with Crippen molar-refractivity contribution in [3.05, 3.63) is 105 Å². The van der Waals surface area contributed by atoms with Gasteiger partial charge in [0.25, 0.3) is 0 Å². The third-order valence-electron chi connectivity index (χ3n) is 5.72. The first-order chi connectivity index (χ1) is 16.8. The summed E-state index contributed by atoms with van der Waals surface area (Å²) in [6.07, 6.45) is 1.60. The van der Waals surface area contributed by atoms with Crippen LogP contribution in [0.25, 0.3) is 6.08 Å². The number of nitrogens with one attached hydrogen (secondary N) is 1. The van der Waals surface area contributed by atoms with Gasteiger partial charge < -0.3 is 5.32 Å². The third-order valence-corrected chi connectivity index (χ3v) is 7.73. The Bertz CT molecular complexity index is 1270. The van der Waals surface area contributed by atoms with Gasteiger partial charge in [0.15, 0.2) is 0 Å². The van der Waals surface area contributed by atoms with E-state index in [4.69, 9.17) is 23.2 Å². The van der Waals surface area contributed by atoms with Crippen LogP contribution in [-0.4, -0.2) is 49.7 Å². The molecule has 0 aromatic heterocycles. The zero-order valence-corrected chi connectivity index (χ0v) is 21.2. The number of hydrogen-bond acceptors (Lipinski definition) is 4. The molecule has 35 heavy (non-hydrogen) atoms. The molecule has 0 radical (unpaired) electrons. The summed E-state index contributed by atoms with van der Waals surface area (Å²) in [4.78, 5) is 15.4. The van der Waals surface area contributed by atoms with Gasteiger partial charge in [-0.25, -0.2) is 8.42 Å². The number of nitrogens with zero attached hydrogens (tertiary/aromatic N) is 2. The van der Waals surface area contributed by atoms with E-state index in [0.29, 0.717) is 28.8 Å². The third kappa shape index (κ3) is 6.72. The number of hydrogen-bond donors (Lipinski definition) is 1. The number of halogens is 2. The second kappa shape index (κ2) is 11.4. The lowest BCUT2D eigenvalue weighted by molar-refractivity contribution is -0.122. The number of sulfonamides is 1. The van der Waals surface area contributed by atoms with Crippen molar-refractivity contribution in [1.82, 2.24) is 9.21 Å². The van der Waals surface area contributed by atoms with E-state index in [-0.39, 0.29) is 19.0 Å². The molecule has 4 rings (SSSR count). The average molecular weight is 530 g/mol. The molecule has 182 valence electrons. The summed E-state index contributed by atoms with van der Waals surface area (Å²) in [5.41, 5.74) is 2.13. The quantitative estimate of drug-likeness (QED) is 0.451. The van der Waals surface area contributed by atoms with Crippen LogP contribution < -0.4 is 5.32 Å². The first-order valence-corrected chi connectivity index (χ1v) is 13.4. The summed E-state index contributed by atoms with van der Waals surface area (Å²) in [6.45, 7) is 1.37. The summed E-state index contributed by atoms with van der Waals surface area (Å²) in [5.74, 6) is -0.241. The minimum atomic E-state index is -3.58. The van der Waals surface area contributed by atoms with Gasteiger partial charge >= 0.3 is 0 Å². The molecular weight excluding hydrogens is 505 g/mol. The fraction of sp³-hybridized carbons (Fsp3) is 0.192. The minimum Gasteiger partial charge on any atom is -0.324 e. The highest BCUT2D eigenvalue weighted by atomic mass is 35.5. The summed E-state index contributed by atoms with van der Waals surface area (Å²) < 4.78 is 27.2. The highest BCUT2D eigenvalue weighted by Crippen LogP contribution is 2.27. The van der Waals surface area contributed by atoms with E-state index in [1.54, 1.807) is 24.3 Å². The fourth-order valence-corrected chi connectivity index (χ4v) is 5.73. The molecular formula is C26H25Cl2N3O3S. The van der Waals surface area contributed by atoms with Crippen LogP contribution in [0.4, 0.5) is 5.69 Å². The number of anilines is 1. The molecule has 1 saturated heterocycles. The lowest BCUT2D eigenvalue weighted by atomic mass is 10.0. The molecule has 1 fully saturated rings. The number of carbonyl (C=O) groups excluding carboxylic acids is 1. The lowest BCUT2D eigenvalue weighted by Gasteiger charge is -2.37. The Morgan fingerprint density at radius 1 is 0.857 bits per heavy atom. The van der Waals surface area contributed by atoms with Crippen molar-refractivity contribution in [2.45, 2.75) is 6.04 Å². The van der Waals surface area contributed by atoms with E-state index in [1.807, 2.05) is 65.6 Å². The maximum absolute atomic E-state index is 13.4. The molecule has 0 aliphatic carbocycles. The van der Waals surface area contributed by atoms with E-state index >= 15 is 0 Å². The van der Waals surface area contributed by atoms with Crippen molar-refractivity contribution in [2.75, 3.05) is 31.5 Å². The second-order valence-corrected chi connectivity index (χ2v) is 10.8. The van der Waals surface area contributed by atoms with Gasteiger partial charge in [-0.15, -0.1) is 0 Å². The van der Waals surface area contributed by atoms with Crippen molar-refractivity contribution in [3.8, 4) is 0 Å². The maximum atomic E-state index is 13.4. The Morgan fingerprint density at radius 2 is 1.43 bits per heavy atom. The molecule has 1 aliphatic rings. The second-order valence-electron chi connectivity index (χ2n) is 8.15. The Hall–Kier alpha value is -2.68. The summed E-state index contributed by atoms with van der Waals surface area (Å²) in [7, 11) is -3.58. The van der Waals surface area contributed by atoms with Gasteiger partial charge in [-0.05, 0) is 35.4 Å². The molecule has 0 bridgehead atoms. The summed E-state index contributed by atoms with van der Waals surface area (Å²) in [6, 6.07) is 23.0. The highest BCUT2D eigenvalue weighted by molar-refractivity contribution is 7.92. The van der Waals surface area contributed by atoms with E-state index in [1.165, 1.54) is 9.71 Å². The fourth-order valence-electron chi connectivity index (χ4n) is 4.03. The van der Waals surface area contributed by atoms with Crippen molar-refractivity contribution >= 4 is 50.9 Å². The molecule has 0 spiro atoms. The van der Waals surface area contributed by atoms with E-state index < -0.39 is 16.1 Å². The summed E-state index contributed by atoms with van der Waals surface area (Å²) in [5, 5.41) is 4.99. The Kier molecular flexibility index (Phi) is 8.26. The molecule has 9 heteroatoms. The Morgan fingerprint density at radius 3 is 2.03 bits per heavy atom. The van der Waals surface area contributed by atoms with Crippen molar-refractivity contribution < 1.29 is 13.2 Å². The Balaban J connectivity index is 1.49. The standard InChI is InChI=1S/C26H25Cl2N3O3S/c27-22-17-23(28)19-24(18-22)29-26(32)25(21-9-5-2-6-10-21)30-12-14-31(15-13-30)35(33,34)16-11-20-7-3-1-4-8-20/h1-11,16-19,25H,12-15H2,(H,29,32)/b16-11+/t25-/m1/s1. The minimum absolute atomic E-state index is 0.241. The van der Waals surface area contributed by atoms with E-state index in [2.05, 4.69) is 5.32 Å². The van der Waals surface area contributed by atoms with Crippen LogP contribution in [0.3, 0.4) is 0 Å². The number of benzene rings is 3. The van der Waals surface area contributed by atoms with Gasteiger partial charge in [-0.2, -0.15) is 4.31 Å². The van der Waals surface area contributed by atoms with Gasteiger partial charge in [0, 0.05) is 47.3 Å². The monoisotopic (exact) mass is 529 g/mol. The van der Waals surface area contributed by atoms with Crippen LogP contribution in [0, 0.1) is 0 Å². The number of amides is 1. The molecule has 6 nitrogen and oxygen atoms in total. The number of rotatable bonds is 7. The van der Waals surface area contributed by atoms with Gasteiger partial charge in [0.05, 0.1) is 0 Å². The van der Waals surface area contributed by atoms with Gasteiger partial charge in [0.2, 0.25) is 15.9 Å². The van der Waals surface area contributed by atoms with Crippen LogP contribution >= 0.6 is 23.2 Å². The smallest absolute Gasteiger partial charge is 0.246 e. The average Bonchev–Trinajstić information content (AvgIpc) is 2.84. The van der Waals surface area contributed by atoms with Crippen LogP contribution in [0.15, 0.2) is 84.3 Å². The molecule has 3 aromatic carbocycles. The normalized spacial score (nSPS) is 16.3. The molecule has 1 N–H and O–H groups in total. The predicted molar refractivity (Wildman–Crippen MR) is 142 cm³/mol. The van der Waals surface area contributed by atoms with Crippen LogP contribution in [0.2, 0.25) is 10.0 Å². The molecule has 0 saturated carbocycles. The van der Waals surface area contributed by atoms with E-state index in [0.717, 1.165) is 11.1 Å². The first-order valence-electron chi connectivity index (χ1n) is 11.1. The predicted octanol–water partition coefficient (Wildman–Crippen LogP) is 5.29. The molecule has 1 amide bonds. The molecule has 1 aliphatic heterocycles. The molecule has 0 unspecified atom stereocenters. The van der Waals surface area contributed by atoms with Crippen molar-refractivity contribution in [2.24, 2.45) is 0 Å². The number of piperazine rings is 1. The van der Waals surface area contributed by atoms with Crippen LogP contribution in [0.1, 0.15) is 17.2 Å². The highest BCUT2D eigenvalue weighted by Gasteiger charge is 2.33. The number of carbonyl (C=O) groups is 1. The zero-order chi connectivity index (χ0) is 24.8. The van der Waals surface area contributed by atoms with Crippen molar-refractivity contribution in [3.63, 3.8) is 0 Å². The first kappa shape index (κ1) is 25.4. The molecule has 1 heterocycles. The molecule has 3 aromatic rings. The zero-order valence-electron chi connectivity index (χ0n) is 18.8. The molecule has 1 atom stereocenters. The Labute approximate surface area is 215 Å². The van der Waals surface area contributed by atoms with Crippen molar-refractivity contribution in [1.29, 1.82) is 0 Å². The van der Waals surface area contributed by atoms with Gasteiger partial charge in [-0.3, -0.25) is 9.69 Å². The summed E-state index contributed by atoms with van der Waals surface area (Å²) >= 11 is 12.2. The van der Waals surface area contributed by atoms with E-state index in [9.17, 15) is 13.2 Å².